The van der Waals surface area contributed by atoms with Gasteiger partial charge in [-0.1, -0.05) is 192 Å². The minimum Gasteiger partial charge on any atom is -0.756 e. The summed E-state index contributed by atoms with van der Waals surface area (Å²) in [5.74, 6) is -0.847. The lowest BCUT2D eigenvalue weighted by Crippen LogP contribution is -2.37. The van der Waals surface area contributed by atoms with Gasteiger partial charge in [-0.25, -0.2) is 0 Å². The van der Waals surface area contributed by atoms with Gasteiger partial charge in [0, 0.05) is 12.8 Å². The van der Waals surface area contributed by atoms with Crippen LogP contribution in [0.25, 0.3) is 0 Å². The van der Waals surface area contributed by atoms with Gasteiger partial charge in [0.2, 0.25) is 0 Å². The number of quaternary nitrogens is 1. The molecule has 0 spiro atoms. The normalized spacial score (nSPS) is 13.8. The topological polar surface area (TPSA) is 111 Å². The smallest absolute Gasteiger partial charge is 0.306 e. The molecule has 0 saturated carbocycles. The molecule has 346 valence electrons. The number of esters is 2. The maximum absolute atomic E-state index is 12.7. The van der Waals surface area contributed by atoms with Crippen LogP contribution < -0.4 is 4.89 Å². The van der Waals surface area contributed by atoms with E-state index in [1.54, 1.807) is 0 Å². The van der Waals surface area contributed by atoms with Gasteiger partial charge >= 0.3 is 11.9 Å². The summed E-state index contributed by atoms with van der Waals surface area (Å²) in [7, 11) is 1.16. The molecule has 0 rings (SSSR count). The van der Waals surface area contributed by atoms with Gasteiger partial charge in [-0.3, -0.25) is 14.2 Å². The first-order valence-electron chi connectivity index (χ1n) is 24.2. The molecule has 0 aliphatic rings. The fourth-order valence-corrected chi connectivity index (χ4v) is 7.40. The average molecular weight is 854 g/mol. The molecule has 0 aromatic rings. The van der Waals surface area contributed by atoms with Crippen LogP contribution in [-0.4, -0.2) is 70.0 Å². The number of nitrogens with zero attached hydrogens (tertiary/aromatic N) is 1. The molecule has 0 N–H and O–H groups in total. The van der Waals surface area contributed by atoms with Crippen molar-refractivity contribution in [1.82, 2.24) is 0 Å². The molecule has 0 bridgehead atoms. The van der Waals surface area contributed by atoms with E-state index in [1.807, 2.05) is 21.1 Å². The largest absolute Gasteiger partial charge is 0.756 e. The Kier molecular flexibility index (Phi) is 40.3. The Morgan fingerprint density at radius 3 is 1.44 bits per heavy atom. The second-order valence-corrected chi connectivity index (χ2v) is 18.9. The van der Waals surface area contributed by atoms with Crippen LogP contribution in [0.2, 0.25) is 0 Å². The van der Waals surface area contributed by atoms with Crippen molar-refractivity contribution in [3.63, 3.8) is 0 Å². The van der Waals surface area contributed by atoms with E-state index in [4.69, 9.17) is 18.5 Å². The SMILES string of the molecule is CC/C=C\C/C=C\C/C=C\CCCCCCCC(=O)OC(COC(=O)CCCCCCCCCCCCCCCCCCCCCC)COP(=O)([O-])OCC[N+](C)(C)C. The predicted octanol–water partition coefficient (Wildman–Crippen LogP) is 13.5. The van der Waals surface area contributed by atoms with E-state index in [0.29, 0.717) is 17.4 Å². The Bertz CT molecular complexity index is 1100. The van der Waals surface area contributed by atoms with E-state index >= 15 is 0 Å². The molecule has 2 unspecified atom stereocenters. The third-order valence-corrected chi connectivity index (χ3v) is 11.4. The van der Waals surface area contributed by atoms with Gasteiger partial charge in [-0.05, 0) is 44.9 Å². The third kappa shape index (κ3) is 45.6. The minimum absolute atomic E-state index is 0.0337. The van der Waals surface area contributed by atoms with Crippen LogP contribution in [0.5, 0.6) is 0 Å². The Balaban J connectivity index is 4.26. The number of allylic oxidation sites excluding steroid dienone is 6. The van der Waals surface area contributed by atoms with E-state index in [9.17, 15) is 19.0 Å². The summed E-state index contributed by atoms with van der Waals surface area (Å²) in [6, 6.07) is 0. The summed E-state index contributed by atoms with van der Waals surface area (Å²) in [5, 5.41) is 0. The van der Waals surface area contributed by atoms with Crippen molar-refractivity contribution in [2.24, 2.45) is 0 Å². The first-order valence-corrected chi connectivity index (χ1v) is 25.7. The number of likely N-dealkylation sites (N-methyl/N-ethyl adjacent to an activating group) is 1. The van der Waals surface area contributed by atoms with Gasteiger partial charge in [0.05, 0.1) is 27.7 Å². The number of unbranched alkanes of at least 4 members (excludes halogenated alkanes) is 24. The highest BCUT2D eigenvalue weighted by molar-refractivity contribution is 7.45. The van der Waals surface area contributed by atoms with Crippen LogP contribution in [0.3, 0.4) is 0 Å². The Labute approximate surface area is 363 Å². The molecule has 9 nitrogen and oxygen atoms in total. The Morgan fingerprint density at radius 2 is 0.966 bits per heavy atom. The van der Waals surface area contributed by atoms with Crippen molar-refractivity contribution in [2.45, 2.75) is 219 Å². The van der Waals surface area contributed by atoms with Crippen molar-refractivity contribution >= 4 is 19.8 Å². The average Bonchev–Trinajstić information content (AvgIpc) is 3.19. The highest BCUT2D eigenvalue weighted by atomic mass is 31.2. The van der Waals surface area contributed by atoms with Crippen LogP contribution in [0, 0.1) is 0 Å². The quantitative estimate of drug-likeness (QED) is 0.0196. The van der Waals surface area contributed by atoms with Crippen LogP contribution in [0.15, 0.2) is 36.5 Å². The number of hydrogen-bond acceptors (Lipinski definition) is 8. The number of rotatable bonds is 44. The van der Waals surface area contributed by atoms with Gasteiger partial charge in [-0.15, -0.1) is 0 Å². The number of carbonyl (C=O) groups is 2. The zero-order valence-electron chi connectivity index (χ0n) is 39.0. The Hall–Kier alpha value is -1.77. The molecule has 59 heavy (non-hydrogen) atoms. The molecule has 0 amide bonds. The fraction of sp³-hybridized carbons (Fsp3) is 0.837. The lowest BCUT2D eigenvalue weighted by molar-refractivity contribution is -0.870. The van der Waals surface area contributed by atoms with Crippen molar-refractivity contribution in [3.05, 3.63) is 36.5 Å². The first-order chi connectivity index (χ1) is 28.5. The number of phosphoric ester groups is 1. The van der Waals surface area contributed by atoms with E-state index in [0.717, 1.165) is 70.6 Å². The highest BCUT2D eigenvalue weighted by Crippen LogP contribution is 2.38. The number of carbonyl (C=O) groups excluding carboxylic acids is 2. The summed E-state index contributed by atoms with van der Waals surface area (Å²) in [6.45, 7) is 4.12. The summed E-state index contributed by atoms with van der Waals surface area (Å²) in [5.41, 5.74) is 0. The molecule has 0 radical (unpaired) electrons. The van der Waals surface area contributed by atoms with E-state index < -0.39 is 26.5 Å². The van der Waals surface area contributed by atoms with Crippen LogP contribution >= 0.6 is 7.82 Å². The maximum atomic E-state index is 12.7. The molecule has 0 saturated heterocycles. The molecule has 0 aromatic carbocycles. The second kappa shape index (κ2) is 41.6. The number of phosphoric acid groups is 1. The standard InChI is InChI=1S/C49H92NO8P/c1-6-8-10-12-14-16-18-20-22-23-24-25-26-28-29-31-33-35-37-39-41-48(51)55-45-47(46-57-59(53,54)56-44-43-50(3,4)5)58-49(52)42-40-38-36-34-32-30-27-21-19-17-15-13-11-9-7-2/h9,11,15,17,21,27,47H,6-8,10,12-14,16,18-20,22-26,28-46H2,1-5H3/b11-9-,17-15-,27-21-. The van der Waals surface area contributed by atoms with E-state index in [2.05, 4.69) is 50.3 Å². The first kappa shape index (κ1) is 57.2. The molecule has 0 fully saturated rings. The summed E-state index contributed by atoms with van der Waals surface area (Å²) < 4.78 is 34.0. The predicted molar refractivity (Wildman–Crippen MR) is 245 cm³/mol. The second-order valence-electron chi connectivity index (χ2n) is 17.5. The van der Waals surface area contributed by atoms with E-state index in [-0.39, 0.29) is 32.0 Å². The molecule has 0 aliphatic heterocycles. The third-order valence-electron chi connectivity index (χ3n) is 10.4. The zero-order chi connectivity index (χ0) is 43.6. The summed E-state index contributed by atoms with van der Waals surface area (Å²) in [6.07, 6.45) is 47.5. The lowest BCUT2D eigenvalue weighted by Gasteiger charge is -2.28. The summed E-state index contributed by atoms with van der Waals surface area (Å²) >= 11 is 0. The van der Waals surface area contributed by atoms with Crippen LogP contribution in [-0.2, 0) is 32.7 Å². The zero-order valence-corrected chi connectivity index (χ0v) is 39.8. The van der Waals surface area contributed by atoms with Gasteiger partial charge in [0.25, 0.3) is 7.82 Å². The highest BCUT2D eigenvalue weighted by Gasteiger charge is 2.21. The summed E-state index contributed by atoms with van der Waals surface area (Å²) in [4.78, 5) is 37.6. The van der Waals surface area contributed by atoms with Crippen LogP contribution in [0.4, 0.5) is 0 Å². The molecule has 10 heteroatoms. The van der Waals surface area contributed by atoms with Gasteiger partial charge in [-0.2, -0.15) is 0 Å². The van der Waals surface area contributed by atoms with Crippen molar-refractivity contribution in [3.8, 4) is 0 Å². The molecule has 0 aliphatic carbocycles. The number of ether oxygens (including phenoxy) is 2. The van der Waals surface area contributed by atoms with Gasteiger partial charge in [0.1, 0.15) is 19.8 Å². The van der Waals surface area contributed by atoms with Crippen molar-refractivity contribution in [2.75, 3.05) is 47.5 Å². The van der Waals surface area contributed by atoms with Crippen molar-refractivity contribution in [1.29, 1.82) is 0 Å². The van der Waals surface area contributed by atoms with Gasteiger partial charge < -0.3 is 27.9 Å². The lowest BCUT2D eigenvalue weighted by atomic mass is 10.0. The van der Waals surface area contributed by atoms with Crippen molar-refractivity contribution < 1.29 is 42.1 Å². The van der Waals surface area contributed by atoms with E-state index in [1.165, 1.54) is 109 Å². The molecular weight excluding hydrogens is 762 g/mol. The minimum atomic E-state index is -4.63. The van der Waals surface area contributed by atoms with Gasteiger partial charge in [0.15, 0.2) is 6.10 Å². The maximum Gasteiger partial charge on any atom is 0.306 e. The monoisotopic (exact) mass is 854 g/mol. The molecule has 0 aromatic heterocycles. The Morgan fingerprint density at radius 1 is 0.542 bits per heavy atom. The number of hydrogen-bond donors (Lipinski definition) is 0. The van der Waals surface area contributed by atoms with Crippen LogP contribution in [0.1, 0.15) is 213 Å². The molecule has 0 heterocycles. The molecule has 2 atom stereocenters. The fourth-order valence-electron chi connectivity index (χ4n) is 6.67. The molecular formula is C49H92NO8P.